The van der Waals surface area contributed by atoms with E-state index < -0.39 is 39.2 Å². The van der Waals surface area contributed by atoms with E-state index in [9.17, 15) is 0 Å². The van der Waals surface area contributed by atoms with Gasteiger partial charge in [0.05, 0.1) is 5.58 Å². The summed E-state index contributed by atoms with van der Waals surface area (Å²) in [5.41, 5.74) is 4.09. The normalized spacial score (nSPS) is 16.4. The van der Waals surface area contributed by atoms with E-state index in [0.717, 1.165) is 16.4 Å². The third-order valence-corrected chi connectivity index (χ3v) is 8.44. The van der Waals surface area contributed by atoms with Crippen molar-refractivity contribution < 1.29 is 43.7 Å². The van der Waals surface area contributed by atoms with Crippen LogP contribution >= 0.6 is 0 Å². The molecule has 0 unspecified atom stereocenters. The smallest absolute Gasteiger partial charge is 0.120 e. The van der Waals surface area contributed by atoms with E-state index in [1.54, 1.807) is 63.2 Å². The SMILES string of the molecule is [2H]C([2H])([2H])c1c[c-]c(-c2cc(-c3ccccc3C([2H])([2H])[2H])c(C([2H])([2H])[2H])cn2)cc1-c1ccccc1.[2H]C([2H])([2H])c1cnc(-c2[c-]ccc3c2oc2ccccc23)cc1C([2H])([2H])C(C)(C)C.[Ir]. The van der Waals surface area contributed by atoms with Crippen molar-refractivity contribution in [3.8, 4) is 44.8 Å². The summed E-state index contributed by atoms with van der Waals surface area (Å²) in [6.45, 7) is -4.59. The average Bonchev–Trinajstić information content (AvgIpc) is 3.64. The van der Waals surface area contributed by atoms with Gasteiger partial charge < -0.3 is 14.4 Å². The predicted octanol–water partition coefficient (Wildman–Crippen LogP) is 13.2. The number of para-hydroxylation sites is 1. The summed E-state index contributed by atoms with van der Waals surface area (Å²) in [6, 6.07) is 39.0. The second-order valence-corrected chi connectivity index (χ2v) is 13.4. The molecule has 1 radical (unpaired) electrons. The number of aryl methyl sites for hydroxylation is 4. The van der Waals surface area contributed by atoms with Crippen LogP contribution in [0.25, 0.3) is 66.7 Å². The number of hydrogen-bond donors (Lipinski definition) is 0. The van der Waals surface area contributed by atoms with E-state index in [4.69, 9.17) is 23.6 Å². The molecule has 0 fully saturated rings. The largest absolute Gasteiger partial charge is 0.501 e. The number of benzene rings is 5. The molecule has 8 aromatic rings. The molecule has 0 aliphatic heterocycles. The first-order chi connectivity index (χ1) is 30.7. The van der Waals surface area contributed by atoms with Crippen molar-refractivity contribution in [1.82, 2.24) is 9.97 Å². The molecular weight excluding hydrogens is 825 g/mol. The molecule has 4 heteroatoms. The van der Waals surface area contributed by atoms with Crippen molar-refractivity contribution in [3.05, 3.63) is 168 Å². The summed E-state index contributed by atoms with van der Waals surface area (Å²) in [7, 11) is 0. The van der Waals surface area contributed by atoms with Crippen molar-refractivity contribution in [2.75, 3.05) is 0 Å². The van der Waals surface area contributed by atoms with Gasteiger partial charge in [0, 0.05) is 57.1 Å². The molecule has 8 rings (SSSR count). The number of furan rings is 1. The number of hydrogen-bond acceptors (Lipinski definition) is 3. The van der Waals surface area contributed by atoms with Gasteiger partial charge in [0.1, 0.15) is 5.58 Å². The van der Waals surface area contributed by atoms with Gasteiger partial charge in [-0.3, -0.25) is 0 Å². The Morgan fingerprint density at radius 2 is 1.38 bits per heavy atom. The van der Waals surface area contributed by atoms with E-state index in [0.29, 0.717) is 39.2 Å². The minimum Gasteiger partial charge on any atom is -0.501 e. The zero-order valence-corrected chi connectivity index (χ0v) is 31.7. The summed E-state index contributed by atoms with van der Waals surface area (Å²) < 4.78 is 119. The first-order valence-corrected chi connectivity index (χ1v) is 16.7. The number of fused-ring (bicyclic) bond motifs is 3. The Balaban J connectivity index is 0.000000221. The molecule has 0 aliphatic carbocycles. The van der Waals surface area contributed by atoms with E-state index in [1.807, 2.05) is 48.5 Å². The van der Waals surface area contributed by atoms with Gasteiger partial charge in [0.25, 0.3) is 0 Å². The van der Waals surface area contributed by atoms with Crippen LogP contribution in [-0.2, 0) is 26.5 Å². The van der Waals surface area contributed by atoms with Gasteiger partial charge in [-0.25, -0.2) is 0 Å². The van der Waals surface area contributed by atoms with Crippen LogP contribution in [0.2, 0.25) is 0 Å². The Kier molecular flexibility index (Phi) is 7.02. The second-order valence-electron chi connectivity index (χ2n) is 13.4. The van der Waals surface area contributed by atoms with Crippen molar-refractivity contribution in [3.63, 3.8) is 0 Å². The van der Waals surface area contributed by atoms with Gasteiger partial charge in [0.2, 0.25) is 0 Å². The van der Waals surface area contributed by atoms with Gasteiger partial charge in [-0.05, 0) is 83.2 Å². The fourth-order valence-corrected chi connectivity index (χ4v) is 6.02. The summed E-state index contributed by atoms with van der Waals surface area (Å²) in [5.74, 6) is 0. The van der Waals surface area contributed by atoms with Crippen LogP contribution in [0.1, 0.15) is 67.8 Å². The maximum absolute atomic E-state index is 8.70. The van der Waals surface area contributed by atoms with Crippen LogP contribution in [0.15, 0.2) is 132 Å². The van der Waals surface area contributed by atoms with Crippen LogP contribution in [-0.4, -0.2) is 9.97 Å². The molecule has 0 spiro atoms. The van der Waals surface area contributed by atoms with Gasteiger partial charge in [-0.1, -0.05) is 135 Å². The van der Waals surface area contributed by atoms with E-state index in [1.165, 1.54) is 36.7 Å². The van der Waals surface area contributed by atoms with E-state index in [-0.39, 0.29) is 59.0 Å². The van der Waals surface area contributed by atoms with Crippen LogP contribution in [0.5, 0.6) is 0 Å². The van der Waals surface area contributed by atoms with Gasteiger partial charge in [-0.2, -0.15) is 0 Å². The molecule has 0 saturated heterocycles. The van der Waals surface area contributed by atoms with Crippen LogP contribution in [0, 0.1) is 45.0 Å². The summed E-state index contributed by atoms with van der Waals surface area (Å²) >= 11 is 0. The zero-order chi connectivity index (χ0) is 48.2. The standard InChI is InChI=1S/C26H22N.C23H22NO.Ir/c1-18-9-7-8-12-23(18)25-16-26(27-17-20(25)3)22-14-13-19(2)24(15-22)21-10-5-4-6-11-21;1-15-14-24-20(12-16(15)13-23(2,3)4)19-10-7-9-18-17-8-5-6-11-21(17)25-22(18)19;/h4-13,15-17H,1-3H3;5-9,11-12,14H,13H2,1-4H3;/q2*-1;/i1D3,2D3,3D3;1D3,13D2;. The predicted molar refractivity (Wildman–Crippen MR) is 217 cm³/mol. The molecule has 0 bridgehead atoms. The quantitative estimate of drug-likeness (QED) is 0.162. The van der Waals surface area contributed by atoms with Gasteiger partial charge >= 0.3 is 0 Å². The summed E-state index contributed by atoms with van der Waals surface area (Å²) in [6.07, 6.45) is 0.592. The number of aromatic nitrogens is 2. The molecule has 5 aromatic carbocycles. The number of nitrogens with zero attached hydrogens (tertiary/aromatic N) is 2. The zero-order valence-electron chi connectivity index (χ0n) is 43.3. The molecule has 0 amide bonds. The molecule has 0 saturated carbocycles. The third kappa shape index (κ3) is 8.25. The molecule has 267 valence electrons. The van der Waals surface area contributed by atoms with Crippen molar-refractivity contribution in [1.29, 1.82) is 0 Å². The first-order valence-electron chi connectivity index (χ1n) is 23.7. The van der Waals surface area contributed by atoms with E-state index in [2.05, 4.69) is 22.1 Å². The summed E-state index contributed by atoms with van der Waals surface area (Å²) in [5, 5.41) is 1.87. The van der Waals surface area contributed by atoms with Crippen LogP contribution < -0.4 is 0 Å². The fraction of sp³-hybridized carbons (Fsp3) is 0.184. The molecule has 3 nitrogen and oxygen atoms in total. The molecule has 0 atom stereocenters. The Labute approximate surface area is 347 Å². The molecular formula is C49H44IrN2O-2. The minimum absolute atomic E-state index is 0. The Hall–Kier alpha value is -5.15. The van der Waals surface area contributed by atoms with Crippen LogP contribution in [0.4, 0.5) is 0 Å². The molecule has 3 heterocycles. The maximum atomic E-state index is 8.70. The topological polar surface area (TPSA) is 38.9 Å². The van der Waals surface area contributed by atoms with Crippen LogP contribution in [0.3, 0.4) is 0 Å². The molecule has 3 aromatic heterocycles. The second kappa shape index (κ2) is 15.8. The van der Waals surface area contributed by atoms with Crippen molar-refractivity contribution >= 4 is 21.9 Å². The molecule has 0 aliphatic rings. The minimum atomic E-state index is -2.53. The van der Waals surface area contributed by atoms with Crippen molar-refractivity contribution in [2.45, 2.75) is 54.6 Å². The number of pyridine rings is 2. The Bertz CT molecular complexity index is 3060. The summed E-state index contributed by atoms with van der Waals surface area (Å²) in [4.78, 5) is 8.72. The third-order valence-electron chi connectivity index (χ3n) is 8.44. The van der Waals surface area contributed by atoms with E-state index >= 15 is 0 Å². The molecule has 0 N–H and O–H groups in total. The maximum Gasteiger partial charge on any atom is 0.120 e. The fourth-order valence-electron chi connectivity index (χ4n) is 6.02. The van der Waals surface area contributed by atoms with Crippen molar-refractivity contribution in [2.24, 2.45) is 5.41 Å². The molecule has 53 heavy (non-hydrogen) atoms. The van der Waals surface area contributed by atoms with Gasteiger partial charge in [-0.15, -0.1) is 47.5 Å². The first kappa shape index (κ1) is 23.5. The average molecular weight is 883 g/mol. The Morgan fingerprint density at radius 3 is 2.17 bits per heavy atom. The Morgan fingerprint density at radius 1 is 0.660 bits per heavy atom. The monoisotopic (exact) mass is 883 g/mol. The number of rotatable bonds is 5. The van der Waals surface area contributed by atoms with Gasteiger partial charge in [0.15, 0.2) is 0 Å².